The zero-order chi connectivity index (χ0) is 78.9. The lowest BCUT2D eigenvalue weighted by molar-refractivity contribution is -0.00530. The topological polar surface area (TPSA) is 6.48 Å². The molecular formula is C116H102N2. The van der Waals surface area contributed by atoms with E-state index < -0.39 is 0 Å². The molecular weight excluding hydrogens is 1420 g/mol. The largest absolute Gasteiger partial charge is 0.310 e. The summed E-state index contributed by atoms with van der Waals surface area (Å²) in [5, 5.41) is 2.46. The Bertz CT molecular complexity index is 6390. The average molecular weight is 1520 g/mol. The molecule has 0 unspecified atom stereocenters. The summed E-state index contributed by atoms with van der Waals surface area (Å²) in [6.45, 7) is 14.0. The van der Waals surface area contributed by atoms with Gasteiger partial charge in [-0.15, -0.1) is 0 Å². The number of aryl methyl sites for hydroxylation is 2. The van der Waals surface area contributed by atoms with E-state index in [4.69, 9.17) is 0 Å². The highest BCUT2D eigenvalue weighted by Crippen LogP contribution is 2.64. The molecule has 2 heteroatoms. The number of rotatable bonds is 15. The summed E-state index contributed by atoms with van der Waals surface area (Å²) in [5.41, 5.74) is 40.4. The minimum atomic E-state index is -0.272. The van der Waals surface area contributed by atoms with E-state index in [9.17, 15) is 0 Å². The van der Waals surface area contributed by atoms with Gasteiger partial charge in [-0.2, -0.15) is 0 Å². The second-order valence-electron chi connectivity index (χ2n) is 38.6. The maximum absolute atomic E-state index is 2.54. The standard InChI is InChI=1S/C116H102N2/c1-73-18-22-85(23-19-73)91-39-54-111(104(62-91)89-24-20-74(2)21-25-89)117(95-45-34-83(35-46-95)81-30-41-93(42-31-81)115-67-75-56-76(68-115)58-77(57-75)69-115)97-50-52-103-105-63-90(38-53-108(105)114(5,6)110(103)66-97)86-26-28-87(29-27-86)92-40-55-112(106(64-92)100-16-11-13-88-12-7-8-14-99(88)100)118(98-49-51-102-101-15-9-10-17-107(101)113(3,4)109(102)65-98)96-47-36-84(37-48-96)82-32-43-94(44-33-82)116-70-78-59-79(71-116)61-80(60-78)72-116/h7-55,62-66,75-80H,56-61,67-72H2,1-6H3. The predicted octanol–water partition coefficient (Wildman–Crippen LogP) is 31.6. The molecule has 8 bridgehead atoms. The van der Waals surface area contributed by atoms with Gasteiger partial charge in [0.15, 0.2) is 0 Å². The van der Waals surface area contributed by atoms with E-state index in [0.717, 1.165) is 69.6 Å². The van der Waals surface area contributed by atoms with E-state index in [1.807, 2.05) is 0 Å². The first-order chi connectivity index (χ1) is 57.6. The minimum absolute atomic E-state index is 0.177. The zero-order valence-electron chi connectivity index (χ0n) is 69.0. The summed E-state index contributed by atoms with van der Waals surface area (Å²) in [5.74, 6) is 5.54. The third kappa shape index (κ3) is 11.9. The highest BCUT2D eigenvalue weighted by molar-refractivity contribution is 6.03. The summed E-state index contributed by atoms with van der Waals surface area (Å²) in [6, 6.07) is 127. The van der Waals surface area contributed by atoms with E-state index >= 15 is 0 Å². The van der Waals surface area contributed by atoms with E-state index in [0.29, 0.717) is 10.8 Å². The zero-order valence-corrected chi connectivity index (χ0v) is 69.0. The Labute approximate surface area is 698 Å². The second-order valence-corrected chi connectivity index (χ2v) is 38.6. The number of anilines is 6. The summed E-state index contributed by atoms with van der Waals surface area (Å²) in [4.78, 5) is 5.07. The summed E-state index contributed by atoms with van der Waals surface area (Å²) < 4.78 is 0. The maximum atomic E-state index is 2.54. The molecule has 8 saturated carbocycles. The normalized spacial score (nSPS) is 22.1. The van der Waals surface area contributed by atoms with Crippen molar-refractivity contribution in [2.24, 2.45) is 35.5 Å². The van der Waals surface area contributed by atoms with Crippen LogP contribution in [0.5, 0.6) is 0 Å². The van der Waals surface area contributed by atoms with Crippen molar-refractivity contribution >= 4 is 44.9 Å². The SMILES string of the molecule is Cc1ccc(-c2ccc(N(c3ccc(-c4ccc(C56CC7CC(CC(C7)C5)C6)cc4)cc3)c3ccc4c(c3)C(C)(C)c3ccc(-c5ccc(-c6ccc(N(c7ccc(-c8ccc(C9%10CC%11CC(CC(C%11)C9)C%10)cc8)cc7)c7ccc8c(c7)C(C)(C)c7ccccc7-8)c(-c7cccc8ccccc78)c6)cc5)cc3-4)c(-c3ccc(C)cc3)c2)cc1. The Balaban J connectivity index is 0.592. The first-order valence-electron chi connectivity index (χ1n) is 44.1. The number of benzene rings is 15. The van der Waals surface area contributed by atoms with Crippen molar-refractivity contribution < 1.29 is 0 Å². The van der Waals surface area contributed by atoms with Gasteiger partial charge < -0.3 is 9.80 Å². The van der Waals surface area contributed by atoms with Crippen molar-refractivity contribution in [2.45, 2.75) is 140 Å². The number of nitrogens with zero attached hydrogens (tertiary/aromatic N) is 2. The third-order valence-electron chi connectivity index (χ3n) is 30.6. The van der Waals surface area contributed by atoms with E-state index in [1.165, 1.54) is 221 Å². The summed E-state index contributed by atoms with van der Waals surface area (Å²) in [6.07, 6.45) is 17.1. The molecule has 0 radical (unpaired) electrons. The van der Waals surface area contributed by atoms with Crippen LogP contribution >= 0.6 is 0 Å². The van der Waals surface area contributed by atoms with Crippen molar-refractivity contribution in [3.05, 3.63) is 372 Å². The molecule has 15 aromatic carbocycles. The number of fused-ring (bicyclic) bond motifs is 7. The van der Waals surface area contributed by atoms with Gasteiger partial charge in [-0.05, 0) is 349 Å². The van der Waals surface area contributed by atoms with Crippen molar-refractivity contribution in [2.75, 3.05) is 9.80 Å². The molecule has 0 saturated heterocycles. The highest BCUT2D eigenvalue weighted by atomic mass is 15.2. The van der Waals surface area contributed by atoms with E-state index in [2.05, 4.69) is 379 Å². The summed E-state index contributed by atoms with van der Waals surface area (Å²) in [7, 11) is 0. The molecule has 0 N–H and O–H groups in total. The van der Waals surface area contributed by atoms with Crippen LogP contribution < -0.4 is 9.80 Å². The number of hydrogen-bond acceptors (Lipinski definition) is 2. The smallest absolute Gasteiger partial charge is 0.0540 e. The van der Waals surface area contributed by atoms with Crippen LogP contribution in [0.25, 0.3) is 111 Å². The molecule has 576 valence electrons. The van der Waals surface area contributed by atoms with Gasteiger partial charge in [0.2, 0.25) is 0 Å². The molecule has 8 fully saturated rings. The molecule has 0 atom stereocenters. The molecule has 10 aliphatic carbocycles. The monoisotopic (exact) mass is 1520 g/mol. The van der Waals surface area contributed by atoms with Gasteiger partial charge in [-0.3, -0.25) is 0 Å². The van der Waals surface area contributed by atoms with Gasteiger partial charge in [-0.1, -0.05) is 288 Å². The predicted molar refractivity (Wildman–Crippen MR) is 496 cm³/mol. The van der Waals surface area contributed by atoms with Crippen LogP contribution in [-0.2, 0) is 21.7 Å². The molecule has 118 heavy (non-hydrogen) atoms. The first-order valence-corrected chi connectivity index (χ1v) is 44.1. The highest BCUT2D eigenvalue weighted by Gasteiger charge is 2.53. The van der Waals surface area contributed by atoms with Gasteiger partial charge >= 0.3 is 0 Å². The fourth-order valence-corrected chi connectivity index (χ4v) is 25.4. The second kappa shape index (κ2) is 27.4. The van der Waals surface area contributed by atoms with Crippen LogP contribution in [0.15, 0.2) is 328 Å². The molecule has 10 aliphatic rings. The first kappa shape index (κ1) is 71.5. The molecule has 0 heterocycles. The molecule has 0 amide bonds. The van der Waals surface area contributed by atoms with Gasteiger partial charge in [0.25, 0.3) is 0 Å². The van der Waals surface area contributed by atoms with Crippen LogP contribution in [-0.4, -0.2) is 0 Å². The van der Waals surface area contributed by atoms with Gasteiger partial charge in [0.05, 0.1) is 11.4 Å². The molecule has 25 rings (SSSR count). The Hall–Kier alpha value is -11.8. The fraction of sp³-hybridized carbons (Fsp3) is 0.241. The average Bonchev–Trinajstić information content (AvgIpc) is 1.57. The van der Waals surface area contributed by atoms with Gasteiger partial charge in [0.1, 0.15) is 0 Å². The van der Waals surface area contributed by atoms with Gasteiger partial charge in [0, 0.05) is 44.7 Å². The molecule has 2 nitrogen and oxygen atoms in total. The molecule has 15 aromatic rings. The van der Waals surface area contributed by atoms with Crippen LogP contribution in [0.2, 0.25) is 0 Å². The van der Waals surface area contributed by atoms with Gasteiger partial charge in [-0.25, -0.2) is 0 Å². The molecule has 0 aromatic heterocycles. The summed E-state index contributed by atoms with van der Waals surface area (Å²) >= 11 is 0. The molecule has 0 aliphatic heterocycles. The maximum Gasteiger partial charge on any atom is 0.0540 e. The van der Waals surface area contributed by atoms with Crippen LogP contribution in [0, 0.1) is 49.4 Å². The van der Waals surface area contributed by atoms with Crippen LogP contribution in [0.1, 0.15) is 149 Å². The Morgan fingerprint density at radius 3 is 1.03 bits per heavy atom. The Morgan fingerprint density at radius 2 is 0.551 bits per heavy atom. The quantitative estimate of drug-likeness (QED) is 0.101. The van der Waals surface area contributed by atoms with Crippen LogP contribution in [0.4, 0.5) is 34.1 Å². The fourth-order valence-electron chi connectivity index (χ4n) is 25.4. The lowest BCUT2D eigenvalue weighted by atomic mass is 9.48. The van der Waals surface area contributed by atoms with Crippen LogP contribution in [0.3, 0.4) is 0 Å². The van der Waals surface area contributed by atoms with Crippen molar-refractivity contribution in [3.63, 3.8) is 0 Å². The van der Waals surface area contributed by atoms with E-state index in [1.54, 1.807) is 11.1 Å². The Kier molecular flexibility index (Phi) is 16.6. The van der Waals surface area contributed by atoms with Crippen molar-refractivity contribution in [1.82, 2.24) is 0 Å². The minimum Gasteiger partial charge on any atom is -0.310 e. The lowest BCUT2D eigenvalue weighted by Crippen LogP contribution is -2.48. The third-order valence-corrected chi connectivity index (χ3v) is 30.6. The van der Waals surface area contributed by atoms with Crippen molar-refractivity contribution in [3.8, 4) is 100 Å². The Morgan fingerprint density at radius 1 is 0.229 bits per heavy atom. The molecule has 0 spiro atoms. The van der Waals surface area contributed by atoms with Crippen molar-refractivity contribution in [1.29, 1.82) is 0 Å². The number of hydrogen-bond donors (Lipinski definition) is 0. The lowest BCUT2D eigenvalue weighted by Gasteiger charge is -2.57. The van der Waals surface area contributed by atoms with E-state index in [-0.39, 0.29) is 10.8 Å².